The van der Waals surface area contributed by atoms with Crippen molar-refractivity contribution in [1.29, 1.82) is 10.8 Å². The third-order valence-corrected chi connectivity index (χ3v) is 1.53. The van der Waals surface area contributed by atoms with Crippen molar-refractivity contribution in [1.82, 2.24) is 5.43 Å². The highest BCUT2D eigenvalue weighted by Crippen LogP contribution is 1.99. The lowest BCUT2D eigenvalue weighted by molar-refractivity contribution is 0.296. The Bertz CT molecular complexity index is 325. The summed E-state index contributed by atoms with van der Waals surface area (Å²) in [7, 11) is 1.70. The fourth-order valence-corrected chi connectivity index (χ4v) is 0.777. The van der Waals surface area contributed by atoms with E-state index in [4.69, 9.17) is 15.6 Å². The summed E-state index contributed by atoms with van der Waals surface area (Å²) >= 11 is 0. The smallest absolute Gasteiger partial charge is 0.224 e. The van der Waals surface area contributed by atoms with E-state index < -0.39 is 0 Å². The lowest BCUT2D eigenvalue weighted by Gasteiger charge is -2.02. The molecule has 100 valence electrons. The minimum Gasteiger partial charge on any atom is -0.472 e. The molecule has 0 fully saturated rings. The van der Waals surface area contributed by atoms with Gasteiger partial charge in [-0.15, -0.1) is 0 Å². The molecular weight excluding hydrogens is 228 g/mol. The molecule has 5 heteroatoms. The van der Waals surface area contributed by atoms with Gasteiger partial charge >= 0.3 is 0 Å². The monoisotopic (exact) mass is 250 g/mol. The number of rotatable bonds is 4. The largest absolute Gasteiger partial charge is 0.472 e. The first-order chi connectivity index (χ1) is 8.74. The van der Waals surface area contributed by atoms with Gasteiger partial charge in [0, 0.05) is 13.8 Å². The van der Waals surface area contributed by atoms with Gasteiger partial charge < -0.3 is 15.6 Å². The number of ether oxygens (including phenoxy) is 1. The Morgan fingerprint density at radius 1 is 1.39 bits per heavy atom. The van der Waals surface area contributed by atoms with Gasteiger partial charge in [0.2, 0.25) is 5.90 Å². The summed E-state index contributed by atoms with van der Waals surface area (Å²) in [5.74, 6) is -0.112. The highest BCUT2D eigenvalue weighted by Gasteiger charge is 1.93. The predicted octanol–water partition coefficient (Wildman–Crippen LogP) is 2.68. The SMILES string of the molecule is C=NNC.CC.N=CC(=N)OCc1ccccc1. The van der Waals surface area contributed by atoms with Crippen LogP contribution in [0.2, 0.25) is 0 Å². The molecule has 0 saturated heterocycles. The zero-order valence-corrected chi connectivity index (χ0v) is 11.2. The maximum Gasteiger partial charge on any atom is 0.224 e. The summed E-state index contributed by atoms with van der Waals surface area (Å²) in [5.41, 5.74) is 3.45. The normalized spacial score (nSPS) is 7.50. The molecule has 0 unspecified atom stereocenters. The van der Waals surface area contributed by atoms with Crippen LogP contribution in [-0.2, 0) is 11.3 Å². The molecule has 0 aliphatic rings. The van der Waals surface area contributed by atoms with E-state index >= 15 is 0 Å². The molecule has 0 aliphatic heterocycles. The zero-order chi connectivity index (χ0) is 14.2. The summed E-state index contributed by atoms with van der Waals surface area (Å²) in [6.45, 7) is 7.47. The van der Waals surface area contributed by atoms with Crippen molar-refractivity contribution in [3.63, 3.8) is 0 Å². The summed E-state index contributed by atoms with van der Waals surface area (Å²) < 4.78 is 4.92. The topological polar surface area (TPSA) is 81.3 Å². The highest BCUT2D eigenvalue weighted by atomic mass is 16.5. The first-order valence-corrected chi connectivity index (χ1v) is 5.62. The van der Waals surface area contributed by atoms with Crippen LogP contribution < -0.4 is 5.43 Å². The Hall–Kier alpha value is -2.17. The van der Waals surface area contributed by atoms with Crippen LogP contribution in [0.5, 0.6) is 0 Å². The van der Waals surface area contributed by atoms with Crippen LogP contribution in [0.4, 0.5) is 0 Å². The summed E-state index contributed by atoms with van der Waals surface area (Å²) in [5, 5.41) is 17.0. The van der Waals surface area contributed by atoms with Gasteiger partial charge in [0.25, 0.3) is 0 Å². The molecule has 0 aliphatic carbocycles. The molecule has 1 rings (SSSR count). The fourth-order valence-electron chi connectivity index (χ4n) is 0.777. The number of hydrogen-bond donors (Lipinski definition) is 3. The van der Waals surface area contributed by atoms with Crippen molar-refractivity contribution in [2.75, 3.05) is 7.05 Å². The second-order valence-corrected chi connectivity index (χ2v) is 2.66. The third kappa shape index (κ3) is 11.9. The van der Waals surface area contributed by atoms with Crippen LogP contribution in [0.25, 0.3) is 0 Å². The van der Waals surface area contributed by atoms with Crippen LogP contribution in [0.1, 0.15) is 19.4 Å². The Kier molecular flexibility index (Phi) is 15.0. The fraction of sp³-hybridized carbons (Fsp3) is 0.308. The van der Waals surface area contributed by atoms with Gasteiger partial charge in [-0.3, -0.25) is 5.41 Å². The van der Waals surface area contributed by atoms with E-state index in [2.05, 4.69) is 17.2 Å². The van der Waals surface area contributed by atoms with E-state index in [0.717, 1.165) is 11.8 Å². The van der Waals surface area contributed by atoms with Gasteiger partial charge in [0.15, 0.2) is 0 Å². The van der Waals surface area contributed by atoms with E-state index in [9.17, 15) is 0 Å². The van der Waals surface area contributed by atoms with Gasteiger partial charge in [-0.25, -0.2) is 0 Å². The lowest BCUT2D eigenvalue weighted by Crippen LogP contribution is -2.03. The molecule has 0 saturated carbocycles. The first kappa shape index (κ1) is 18.2. The van der Waals surface area contributed by atoms with Gasteiger partial charge in [-0.05, 0) is 5.56 Å². The first-order valence-electron chi connectivity index (χ1n) is 5.62. The summed E-state index contributed by atoms with van der Waals surface area (Å²) in [6.07, 6.45) is 0.878. The van der Waals surface area contributed by atoms with Crippen LogP contribution >= 0.6 is 0 Å². The molecule has 0 heterocycles. The van der Waals surface area contributed by atoms with E-state index in [1.165, 1.54) is 0 Å². The minimum absolute atomic E-state index is 0.112. The molecule has 5 nitrogen and oxygen atoms in total. The van der Waals surface area contributed by atoms with E-state index in [1.54, 1.807) is 7.05 Å². The Morgan fingerprint density at radius 2 is 1.89 bits per heavy atom. The number of nitrogens with one attached hydrogen (secondary N) is 3. The maximum atomic E-state index is 7.02. The molecule has 18 heavy (non-hydrogen) atoms. The van der Waals surface area contributed by atoms with Crippen molar-refractivity contribution in [2.24, 2.45) is 5.10 Å². The predicted molar refractivity (Wildman–Crippen MR) is 77.7 cm³/mol. The Morgan fingerprint density at radius 3 is 2.28 bits per heavy atom. The lowest BCUT2D eigenvalue weighted by atomic mass is 10.2. The molecule has 0 radical (unpaired) electrons. The molecule has 0 spiro atoms. The molecule has 3 N–H and O–H groups in total. The van der Waals surface area contributed by atoms with Gasteiger partial charge in [0.05, 0.1) is 6.21 Å². The van der Waals surface area contributed by atoms with E-state index in [0.29, 0.717) is 6.61 Å². The minimum atomic E-state index is -0.112. The molecule has 0 bridgehead atoms. The molecule has 0 amide bonds. The van der Waals surface area contributed by atoms with Gasteiger partial charge in [-0.1, -0.05) is 44.2 Å². The van der Waals surface area contributed by atoms with Crippen LogP contribution in [0, 0.1) is 10.8 Å². The van der Waals surface area contributed by atoms with Crippen LogP contribution in [0.15, 0.2) is 35.4 Å². The van der Waals surface area contributed by atoms with Crippen molar-refractivity contribution in [3.8, 4) is 0 Å². The third-order valence-electron chi connectivity index (χ3n) is 1.53. The highest BCUT2D eigenvalue weighted by molar-refractivity contribution is 6.23. The number of hydrazone groups is 1. The Labute approximate surface area is 109 Å². The molecule has 0 atom stereocenters. The maximum absolute atomic E-state index is 7.02. The van der Waals surface area contributed by atoms with E-state index in [-0.39, 0.29) is 5.90 Å². The second kappa shape index (κ2) is 14.8. The molecule has 1 aromatic rings. The number of benzene rings is 1. The quantitative estimate of drug-likeness (QED) is 0.436. The van der Waals surface area contributed by atoms with Crippen LogP contribution in [-0.4, -0.2) is 25.9 Å². The van der Waals surface area contributed by atoms with Crippen molar-refractivity contribution in [3.05, 3.63) is 35.9 Å². The van der Waals surface area contributed by atoms with Crippen molar-refractivity contribution < 1.29 is 4.74 Å². The number of nitrogens with zero attached hydrogens (tertiary/aromatic N) is 1. The van der Waals surface area contributed by atoms with Crippen molar-refractivity contribution >= 4 is 18.8 Å². The standard InChI is InChI=1S/C9H10N2O.C2H6N2.C2H6/c10-6-9(11)12-7-8-4-2-1-3-5-8;1-3-4-2;1-2/h1-6,10-11H,7H2;4H,1H2,2H3;1-2H3. The summed E-state index contributed by atoms with van der Waals surface area (Å²) in [4.78, 5) is 0. The van der Waals surface area contributed by atoms with E-state index in [1.807, 2.05) is 44.2 Å². The summed E-state index contributed by atoms with van der Waals surface area (Å²) in [6, 6.07) is 9.57. The Balaban J connectivity index is 0. The molecule has 0 aromatic heterocycles. The van der Waals surface area contributed by atoms with Crippen LogP contribution in [0.3, 0.4) is 0 Å². The molecule has 1 aromatic carbocycles. The van der Waals surface area contributed by atoms with Gasteiger partial charge in [0.1, 0.15) is 6.61 Å². The second-order valence-electron chi connectivity index (χ2n) is 2.66. The zero-order valence-electron chi connectivity index (χ0n) is 11.2. The molecular formula is C13H22N4O. The average molecular weight is 250 g/mol. The number of hydrogen-bond acceptors (Lipinski definition) is 5. The van der Waals surface area contributed by atoms with Crippen molar-refractivity contribution in [2.45, 2.75) is 20.5 Å². The van der Waals surface area contributed by atoms with Gasteiger partial charge in [-0.2, -0.15) is 5.10 Å². The average Bonchev–Trinajstić information content (AvgIpc) is 2.48.